The van der Waals surface area contributed by atoms with Gasteiger partial charge in [-0.25, -0.2) is 0 Å². The second kappa shape index (κ2) is 8.13. The van der Waals surface area contributed by atoms with Gasteiger partial charge in [0.05, 0.1) is 13.2 Å². The number of carbonyl (C=O) groups is 1. The van der Waals surface area contributed by atoms with E-state index in [1.54, 1.807) is 11.9 Å². The fourth-order valence-corrected chi connectivity index (χ4v) is 1.49. The van der Waals surface area contributed by atoms with Gasteiger partial charge in [-0.3, -0.25) is 4.79 Å². The van der Waals surface area contributed by atoms with E-state index < -0.39 is 0 Å². The Balaban J connectivity index is 3.02. The molecule has 8 heteroatoms. The Bertz CT molecular complexity index is 416. The smallest absolute Gasteiger partial charge is 0.323 e. The lowest BCUT2D eigenvalue weighted by Gasteiger charge is -2.20. The second-order valence-electron chi connectivity index (χ2n) is 3.89. The lowest BCUT2D eigenvalue weighted by Crippen LogP contribution is -2.36. The number of aromatic nitrogens is 3. The second-order valence-corrected chi connectivity index (χ2v) is 3.89. The molecular formula is C12H22N6O2. The summed E-state index contributed by atoms with van der Waals surface area (Å²) in [5, 5.41) is 5.60. The molecule has 0 atom stereocenters. The Labute approximate surface area is 119 Å². The van der Waals surface area contributed by atoms with Crippen molar-refractivity contribution in [2.24, 2.45) is 0 Å². The van der Waals surface area contributed by atoms with Crippen LogP contribution in [0, 0.1) is 0 Å². The molecule has 1 amide bonds. The average Bonchev–Trinajstić information content (AvgIpc) is 2.44. The van der Waals surface area contributed by atoms with Gasteiger partial charge in [-0.2, -0.15) is 15.0 Å². The quantitative estimate of drug-likeness (QED) is 0.707. The van der Waals surface area contributed by atoms with E-state index in [-0.39, 0.29) is 18.5 Å². The van der Waals surface area contributed by atoms with Gasteiger partial charge in [0.25, 0.3) is 0 Å². The van der Waals surface area contributed by atoms with Crippen molar-refractivity contribution in [2.75, 3.05) is 43.5 Å². The maximum absolute atomic E-state index is 11.5. The summed E-state index contributed by atoms with van der Waals surface area (Å²) in [6.07, 6.45) is 0. The average molecular weight is 282 g/mol. The molecule has 0 aliphatic heterocycles. The van der Waals surface area contributed by atoms with Gasteiger partial charge in [-0.1, -0.05) is 0 Å². The van der Waals surface area contributed by atoms with E-state index in [0.29, 0.717) is 31.6 Å². The van der Waals surface area contributed by atoms with Gasteiger partial charge in [0, 0.05) is 20.1 Å². The Hall–Kier alpha value is -2.12. The summed E-state index contributed by atoms with van der Waals surface area (Å²) < 4.78 is 5.33. The first-order valence-corrected chi connectivity index (χ1v) is 6.72. The molecule has 0 unspecified atom stereocenters. The summed E-state index contributed by atoms with van der Waals surface area (Å²) in [5.41, 5.74) is 0. The standard InChI is InChI=1S/C12H22N6O2/c1-5-14-10-15-11(17-12(16-10)20-7-3)18(6-2)8-9(19)13-4/h5-8H2,1-4H3,(H,13,19)(H,14,15,16,17). The third-order valence-corrected chi connectivity index (χ3v) is 2.49. The summed E-state index contributed by atoms with van der Waals surface area (Å²) in [6.45, 7) is 7.69. The maximum atomic E-state index is 11.5. The molecule has 1 rings (SSSR count). The summed E-state index contributed by atoms with van der Waals surface area (Å²) in [7, 11) is 1.60. The van der Waals surface area contributed by atoms with Crippen molar-refractivity contribution in [3.63, 3.8) is 0 Å². The van der Waals surface area contributed by atoms with E-state index in [1.807, 2.05) is 20.8 Å². The first-order valence-electron chi connectivity index (χ1n) is 6.72. The number of carbonyl (C=O) groups excluding carboxylic acids is 1. The summed E-state index contributed by atoms with van der Waals surface area (Å²) in [6, 6.07) is 0.254. The van der Waals surface area contributed by atoms with Gasteiger partial charge < -0.3 is 20.3 Å². The molecule has 2 N–H and O–H groups in total. The highest BCUT2D eigenvalue weighted by atomic mass is 16.5. The summed E-state index contributed by atoms with van der Waals surface area (Å²) in [4.78, 5) is 25.9. The predicted octanol–water partition coefficient (Wildman–Crippen LogP) is 0.274. The van der Waals surface area contributed by atoms with Crippen molar-refractivity contribution in [1.29, 1.82) is 0 Å². The molecule has 1 aromatic heterocycles. The normalized spacial score (nSPS) is 10.0. The van der Waals surface area contributed by atoms with Crippen molar-refractivity contribution in [3.05, 3.63) is 0 Å². The zero-order chi connectivity index (χ0) is 15.0. The Morgan fingerprint density at radius 1 is 1.25 bits per heavy atom. The molecule has 0 fully saturated rings. The van der Waals surface area contributed by atoms with Gasteiger partial charge in [-0.05, 0) is 20.8 Å². The van der Waals surface area contributed by atoms with Crippen LogP contribution in [0.3, 0.4) is 0 Å². The SMILES string of the molecule is CCNc1nc(OCC)nc(N(CC)CC(=O)NC)n1. The first-order chi connectivity index (χ1) is 9.64. The molecule has 0 aliphatic carbocycles. The van der Waals surface area contributed by atoms with Gasteiger partial charge in [0.1, 0.15) is 0 Å². The van der Waals surface area contributed by atoms with E-state index in [0.717, 1.165) is 0 Å². The number of ether oxygens (including phenoxy) is 1. The minimum absolute atomic E-state index is 0.102. The van der Waals surface area contributed by atoms with Gasteiger partial charge in [-0.15, -0.1) is 0 Å². The number of hydrogen-bond acceptors (Lipinski definition) is 7. The van der Waals surface area contributed by atoms with Crippen LogP contribution in [0.1, 0.15) is 20.8 Å². The molecule has 0 aliphatic rings. The minimum atomic E-state index is -0.102. The molecule has 0 bridgehead atoms. The van der Waals surface area contributed by atoms with E-state index >= 15 is 0 Å². The van der Waals surface area contributed by atoms with Crippen LogP contribution in [0.15, 0.2) is 0 Å². The van der Waals surface area contributed by atoms with Gasteiger partial charge >= 0.3 is 6.01 Å². The number of hydrogen-bond donors (Lipinski definition) is 2. The van der Waals surface area contributed by atoms with Crippen molar-refractivity contribution in [3.8, 4) is 6.01 Å². The topological polar surface area (TPSA) is 92.3 Å². The van der Waals surface area contributed by atoms with Crippen LogP contribution in [0.25, 0.3) is 0 Å². The van der Waals surface area contributed by atoms with Crippen molar-refractivity contribution in [2.45, 2.75) is 20.8 Å². The van der Waals surface area contributed by atoms with Crippen molar-refractivity contribution < 1.29 is 9.53 Å². The molecule has 0 spiro atoms. The third kappa shape index (κ3) is 4.52. The Kier molecular flexibility index (Phi) is 6.48. The lowest BCUT2D eigenvalue weighted by molar-refractivity contribution is -0.119. The fraction of sp³-hybridized carbons (Fsp3) is 0.667. The van der Waals surface area contributed by atoms with Crippen LogP contribution >= 0.6 is 0 Å². The Morgan fingerprint density at radius 3 is 2.55 bits per heavy atom. The lowest BCUT2D eigenvalue weighted by atomic mass is 10.5. The van der Waals surface area contributed by atoms with Crippen molar-refractivity contribution >= 4 is 17.8 Å². The molecule has 1 aromatic rings. The Morgan fingerprint density at radius 2 is 2.00 bits per heavy atom. The zero-order valence-corrected chi connectivity index (χ0v) is 12.4. The van der Waals surface area contributed by atoms with Crippen molar-refractivity contribution in [1.82, 2.24) is 20.3 Å². The molecule has 8 nitrogen and oxygen atoms in total. The fourth-order valence-electron chi connectivity index (χ4n) is 1.49. The molecule has 0 saturated heterocycles. The molecule has 1 heterocycles. The molecule has 0 aromatic carbocycles. The number of amides is 1. The highest BCUT2D eigenvalue weighted by Crippen LogP contribution is 2.14. The number of likely N-dealkylation sites (N-methyl/N-ethyl adjacent to an activating group) is 2. The van der Waals surface area contributed by atoms with Crippen LogP contribution in [0.4, 0.5) is 11.9 Å². The molecule has 112 valence electrons. The number of rotatable bonds is 8. The van der Waals surface area contributed by atoms with E-state index in [2.05, 4.69) is 25.6 Å². The van der Waals surface area contributed by atoms with Crippen LogP contribution in [0.2, 0.25) is 0 Å². The van der Waals surface area contributed by atoms with E-state index in [1.165, 1.54) is 0 Å². The molecule has 20 heavy (non-hydrogen) atoms. The third-order valence-electron chi connectivity index (χ3n) is 2.49. The highest BCUT2D eigenvalue weighted by molar-refractivity contribution is 5.80. The maximum Gasteiger partial charge on any atom is 0.323 e. The van der Waals surface area contributed by atoms with Crippen LogP contribution in [-0.2, 0) is 4.79 Å². The monoisotopic (exact) mass is 282 g/mol. The van der Waals surface area contributed by atoms with Crippen LogP contribution in [-0.4, -0.2) is 54.1 Å². The molecule has 0 radical (unpaired) electrons. The van der Waals surface area contributed by atoms with Crippen LogP contribution < -0.4 is 20.3 Å². The summed E-state index contributed by atoms with van der Waals surface area (Å²) >= 11 is 0. The van der Waals surface area contributed by atoms with E-state index in [9.17, 15) is 4.79 Å². The highest BCUT2D eigenvalue weighted by Gasteiger charge is 2.15. The van der Waals surface area contributed by atoms with Gasteiger partial charge in [0.15, 0.2) is 0 Å². The zero-order valence-electron chi connectivity index (χ0n) is 12.4. The minimum Gasteiger partial charge on any atom is -0.464 e. The number of nitrogens with zero attached hydrogens (tertiary/aromatic N) is 4. The summed E-state index contributed by atoms with van der Waals surface area (Å²) in [5.74, 6) is 0.761. The van der Waals surface area contributed by atoms with Gasteiger partial charge in [0.2, 0.25) is 17.8 Å². The van der Waals surface area contributed by atoms with E-state index in [4.69, 9.17) is 4.74 Å². The number of nitrogens with one attached hydrogen (secondary N) is 2. The van der Waals surface area contributed by atoms with Crippen LogP contribution in [0.5, 0.6) is 6.01 Å². The predicted molar refractivity (Wildman–Crippen MR) is 77.1 cm³/mol. The number of anilines is 2. The molecular weight excluding hydrogens is 260 g/mol. The molecule has 0 saturated carbocycles. The first kappa shape index (κ1) is 15.9. The largest absolute Gasteiger partial charge is 0.464 e.